The van der Waals surface area contributed by atoms with E-state index in [-0.39, 0.29) is 18.7 Å². The van der Waals surface area contributed by atoms with Crippen LogP contribution in [0.1, 0.15) is 15.9 Å². The number of nitrogens with zero attached hydrogens (tertiary/aromatic N) is 1. The highest BCUT2D eigenvalue weighted by molar-refractivity contribution is 5.98. The molecule has 108 valence electrons. The summed E-state index contributed by atoms with van der Waals surface area (Å²) in [5.41, 5.74) is 4.75. The fourth-order valence-electron chi connectivity index (χ4n) is 2.20. The molecule has 0 bridgehead atoms. The van der Waals surface area contributed by atoms with Crippen molar-refractivity contribution in [1.29, 1.82) is 0 Å². The molecule has 5 nitrogen and oxygen atoms in total. The van der Waals surface area contributed by atoms with Crippen LogP contribution in [0.15, 0.2) is 12.1 Å². The Morgan fingerprint density at radius 3 is 2.75 bits per heavy atom. The number of hydrogen-bond donors (Lipinski definition) is 2. The van der Waals surface area contributed by atoms with Crippen LogP contribution >= 0.6 is 0 Å². The zero-order valence-electron chi connectivity index (χ0n) is 11.0. The summed E-state index contributed by atoms with van der Waals surface area (Å²) >= 11 is 0. The van der Waals surface area contributed by atoms with Crippen molar-refractivity contribution in [2.45, 2.75) is 13.0 Å². The lowest BCUT2D eigenvalue weighted by atomic mass is 10.1. The van der Waals surface area contributed by atoms with Crippen LogP contribution in [0.4, 0.5) is 8.78 Å². The Morgan fingerprint density at radius 2 is 2.10 bits per heavy atom. The molecule has 0 aliphatic carbocycles. The number of nitrogens with two attached hydrogens (primary N) is 1. The molecule has 1 saturated heterocycles. The van der Waals surface area contributed by atoms with Gasteiger partial charge < -0.3 is 16.0 Å². The third-order valence-corrected chi connectivity index (χ3v) is 3.33. The summed E-state index contributed by atoms with van der Waals surface area (Å²) in [6.07, 6.45) is 0. The highest BCUT2D eigenvalue weighted by atomic mass is 19.1. The molecule has 1 unspecified atom stereocenters. The summed E-state index contributed by atoms with van der Waals surface area (Å²) in [5.74, 6) is -3.41. The summed E-state index contributed by atoms with van der Waals surface area (Å²) in [6.45, 7) is 2.22. The maximum atomic E-state index is 14.0. The van der Waals surface area contributed by atoms with Crippen molar-refractivity contribution in [3.8, 4) is 0 Å². The normalized spacial score (nSPS) is 18.9. The molecule has 0 saturated carbocycles. The van der Waals surface area contributed by atoms with Crippen LogP contribution in [0.3, 0.4) is 0 Å². The van der Waals surface area contributed by atoms with Crippen molar-refractivity contribution in [2.75, 3.05) is 19.6 Å². The number of hydrogen-bond acceptors (Lipinski definition) is 3. The number of piperazine rings is 1. The lowest BCUT2D eigenvalue weighted by molar-refractivity contribution is -0.122. The lowest BCUT2D eigenvalue weighted by Crippen LogP contribution is -2.58. The molecule has 1 aromatic carbocycles. The van der Waals surface area contributed by atoms with Gasteiger partial charge in [-0.15, -0.1) is 0 Å². The van der Waals surface area contributed by atoms with Crippen LogP contribution in [0.25, 0.3) is 0 Å². The van der Waals surface area contributed by atoms with Gasteiger partial charge >= 0.3 is 0 Å². The molecule has 1 aromatic rings. The maximum absolute atomic E-state index is 14.0. The van der Waals surface area contributed by atoms with Crippen molar-refractivity contribution in [3.63, 3.8) is 0 Å². The van der Waals surface area contributed by atoms with Crippen molar-refractivity contribution in [2.24, 2.45) is 5.73 Å². The van der Waals surface area contributed by atoms with E-state index in [1.165, 1.54) is 13.0 Å². The van der Waals surface area contributed by atoms with Gasteiger partial charge in [-0.05, 0) is 18.6 Å². The van der Waals surface area contributed by atoms with Gasteiger partial charge in [0.15, 0.2) is 0 Å². The van der Waals surface area contributed by atoms with Crippen LogP contribution in [-0.4, -0.2) is 42.4 Å². The Balaban J connectivity index is 2.40. The first kappa shape index (κ1) is 14.4. The Kier molecular flexibility index (Phi) is 3.99. The van der Waals surface area contributed by atoms with Gasteiger partial charge in [0.2, 0.25) is 5.91 Å². The largest absolute Gasteiger partial charge is 0.368 e. The smallest absolute Gasteiger partial charge is 0.260 e. The van der Waals surface area contributed by atoms with Crippen LogP contribution in [0.2, 0.25) is 0 Å². The quantitative estimate of drug-likeness (QED) is 0.812. The lowest BCUT2D eigenvalue weighted by Gasteiger charge is -2.34. The number of carbonyl (C=O) groups is 2. The van der Waals surface area contributed by atoms with E-state index in [1.54, 1.807) is 0 Å². The van der Waals surface area contributed by atoms with E-state index in [0.29, 0.717) is 6.54 Å². The topological polar surface area (TPSA) is 75.4 Å². The molecule has 3 N–H and O–H groups in total. The second-order valence-corrected chi connectivity index (χ2v) is 4.67. The summed E-state index contributed by atoms with van der Waals surface area (Å²) < 4.78 is 27.7. The van der Waals surface area contributed by atoms with E-state index < -0.39 is 35.1 Å². The average molecular weight is 283 g/mol. The van der Waals surface area contributed by atoms with E-state index in [9.17, 15) is 18.4 Å². The van der Waals surface area contributed by atoms with Gasteiger partial charge in [-0.1, -0.05) is 6.07 Å². The van der Waals surface area contributed by atoms with E-state index in [0.717, 1.165) is 11.0 Å². The monoisotopic (exact) mass is 283 g/mol. The number of amides is 2. The SMILES string of the molecule is Cc1ccc(F)c(C(=O)N2CCNCC2C(N)=O)c1F. The molecule has 1 aliphatic rings. The minimum absolute atomic E-state index is 0.166. The molecule has 0 radical (unpaired) electrons. The van der Waals surface area contributed by atoms with E-state index in [4.69, 9.17) is 5.73 Å². The molecule has 0 spiro atoms. The zero-order valence-corrected chi connectivity index (χ0v) is 11.0. The molecule has 1 atom stereocenters. The van der Waals surface area contributed by atoms with Crippen molar-refractivity contribution in [3.05, 3.63) is 34.9 Å². The minimum atomic E-state index is -0.945. The highest BCUT2D eigenvalue weighted by Gasteiger charge is 2.34. The van der Waals surface area contributed by atoms with Gasteiger partial charge in [0, 0.05) is 19.6 Å². The van der Waals surface area contributed by atoms with Crippen LogP contribution in [0, 0.1) is 18.6 Å². The Hall–Kier alpha value is -2.02. The number of carbonyl (C=O) groups excluding carboxylic acids is 2. The summed E-state index contributed by atoms with van der Waals surface area (Å²) in [4.78, 5) is 24.8. The number of nitrogens with one attached hydrogen (secondary N) is 1. The Morgan fingerprint density at radius 1 is 1.40 bits per heavy atom. The number of benzene rings is 1. The van der Waals surface area contributed by atoms with Crippen LogP contribution in [0.5, 0.6) is 0 Å². The minimum Gasteiger partial charge on any atom is -0.368 e. The maximum Gasteiger partial charge on any atom is 0.260 e. The third-order valence-electron chi connectivity index (χ3n) is 3.33. The standard InChI is InChI=1S/C13H15F2N3O2/c1-7-2-3-8(14)10(11(7)15)13(20)18-5-4-17-6-9(18)12(16)19/h2-3,9,17H,4-6H2,1H3,(H2,16,19). The molecule has 1 heterocycles. The highest BCUT2D eigenvalue weighted by Crippen LogP contribution is 2.20. The average Bonchev–Trinajstić information content (AvgIpc) is 2.43. The zero-order chi connectivity index (χ0) is 14.9. The first-order chi connectivity index (χ1) is 9.43. The van der Waals surface area contributed by atoms with Gasteiger partial charge in [-0.2, -0.15) is 0 Å². The fraction of sp³-hybridized carbons (Fsp3) is 0.385. The second-order valence-electron chi connectivity index (χ2n) is 4.67. The summed E-state index contributed by atoms with van der Waals surface area (Å²) in [6, 6.07) is 1.38. The molecule has 0 aromatic heterocycles. The number of halogens is 2. The first-order valence-corrected chi connectivity index (χ1v) is 6.19. The summed E-state index contributed by atoms with van der Waals surface area (Å²) in [5, 5.41) is 2.91. The van der Waals surface area contributed by atoms with Crippen LogP contribution in [-0.2, 0) is 4.79 Å². The molecule has 2 amide bonds. The molecular formula is C13H15F2N3O2. The van der Waals surface area contributed by atoms with Gasteiger partial charge in [0.25, 0.3) is 5.91 Å². The Labute approximate surface area is 114 Å². The van der Waals surface area contributed by atoms with Crippen molar-refractivity contribution >= 4 is 11.8 Å². The molecule has 7 heteroatoms. The van der Waals surface area contributed by atoms with Gasteiger partial charge in [-0.3, -0.25) is 9.59 Å². The Bertz CT molecular complexity index is 563. The third kappa shape index (κ3) is 2.49. The molecule has 1 fully saturated rings. The van der Waals surface area contributed by atoms with E-state index in [1.807, 2.05) is 0 Å². The van der Waals surface area contributed by atoms with Crippen LogP contribution < -0.4 is 11.1 Å². The number of rotatable bonds is 2. The van der Waals surface area contributed by atoms with Crippen molar-refractivity contribution in [1.82, 2.24) is 10.2 Å². The predicted octanol–water partition coefficient (Wildman–Crippen LogP) is 0.173. The number of primary amides is 1. The molecule has 20 heavy (non-hydrogen) atoms. The molecular weight excluding hydrogens is 268 g/mol. The molecule has 1 aliphatic heterocycles. The van der Waals surface area contributed by atoms with Gasteiger partial charge in [0.1, 0.15) is 23.2 Å². The van der Waals surface area contributed by atoms with Crippen molar-refractivity contribution < 1.29 is 18.4 Å². The van der Waals surface area contributed by atoms with Gasteiger partial charge in [0.05, 0.1) is 0 Å². The van der Waals surface area contributed by atoms with E-state index in [2.05, 4.69) is 5.32 Å². The second kappa shape index (κ2) is 5.54. The summed E-state index contributed by atoms with van der Waals surface area (Å²) in [7, 11) is 0. The van der Waals surface area contributed by atoms with Gasteiger partial charge in [-0.25, -0.2) is 8.78 Å². The molecule has 2 rings (SSSR count). The number of aryl methyl sites for hydroxylation is 1. The first-order valence-electron chi connectivity index (χ1n) is 6.19. The predicted molar refractivity (Wildman–Crippen MR) is 68.0 cm³/mol. The van der Waals surface area contributed by atoms with E-state index >= 15 is 0 Å². The fourth-order valence-corrected chi connectivity index (χ4v) is 2.20.